The number of ether oxygens (including phenoxy) is 2. The molecule has 0 bridgehead atoms. The molecule has 0 saturated heterocycles. The summed E-state index contributed by atoms with van der Waals surface area (Å²) in [6, 6.07) is 32.8. The van der Waals surface area contributed by atoms with E-state index in [1.54, 1.807) is 0 Å². The van der Waals surface area contributed by atoms with Crippen LogP contribution in [0, 0.1) is 0 Å². The van der Waals surface area contributed by atoms with Gasteiger partial charge in [-0.2, -0.15) is 20.5 Å². The SMILES string of the molecule is CCCCCCc1ccc(N=Nc2ccc(OCCCCCCN(C)CCCCCCN(C)CCCCCCOc3ccc(N=Nc4ccc(CCCCCC)cc4)cc3)cc2)cc1. The van der Waals surface area contributed by atoms with Crippen molar-refractivity contribution in [3.63, 3.8) is 0 Å². The second-order valence-electron chi connectivity index (χ2n) is 17.9. The molecule has 8 heteroatoms. The smallest absolute Gasteiger partial charge is 0.119 e. The molecule has 4 aromatic rings. The van der Waals surface area contributed by atoms with E-state index in [-0.39, 0.29) is 0 Å². The molecule has 4 rings (SSSR count). The summed E-state index contributed by atoms with van der Waals surface area (Å²) in [6.07, 6.45) is 27.5. The van der Waals surface area contributed by atoms with E-state index in [1.807, 2.05) is 48.5 Å². The van der Waals surface area contributed by atoms with Crippen LogP contribution in [0.3, 0.4) is 0 Å². The van der Waals surface area contributed by atoms with Gasteiger partial charge in [0, 0.05) is 0 Å². The minimum Gasteiger partial charge on any atom is -0.494 e. The van der Waals surface area contributed by atoms with Crippen LogP contribution in [-0.4, -0.2) is 63.3 Å². The molecule has 0 unspecified atom stereocenters. The molecule has 350 valence electrons. The summed E-state index contributed by atoms with van der Waals surface area (Å²) in [5.74, 6) is 1.80. The van der Waals surface area contributed by atoms with Gasteiger partial charge in [0.1, 0.15) is 11.5 Å². The maximum atomic E-state index is 5.99. The minimum absolute atomic E-state index is 0.758. The van der Waals surface area contributed by atoms with Crippen LogP contribution in [0.4, 0.5) is 22.7 Å². The summed E-state index contributed by atoms with van der Waals surface area (Å²) >= 11 is 0. The van der Waals surface area contributed by atoms with E-state index in [2.05, 4.69) is 107 Å². The summed E-state index contributed by atoms with van der Waals surface area (Å²) in [4.78, 5) is 5.02. The maximum Gasteiger partial charge on any atom is 0.119 e. The highest BCUT2D eigenvalue weighted by atomic mass is 16.5. The van der Waals surface area contributed by atoms with Crippen molar-refractivity contribution < 1.29 is 9.47 Å². The van der Waals surface area contributed by atoms with Crippen molar-refractivity contribution in [2.24, 2.45) is 20.5 Å². The molecule has 8 nitrogen and oxygen atoms in total. The van der Waals surface area contributed by atoms with E-state index in [0.29, 0.717) is 0 Å². The Labute approximate surface area is 389 Å². The van der Waals surface area contributed by atoms with Crippen LogP contribution in [-0.2, 0) is 12.8 Å². The van der Waals surface area contributed by atoms with Crippen LogP contribution in [0.25, 0.3) is 0 Å². The largest absolute Gasteiger partial charge is 0.494 e. The fourth-order valence-corrected chi connectivity index (χ4v) is 7.81. The Morgan fingerprint density at radius 2 is 0.609 bits per heavy atom. The Morgan fingerprint density at radius 3 is 0.922 bits per heavy atom. The summed E-state index contributed by atoms with van der Waals surface area (Å²) in [6.45, 7) is 10.8. The molecule has 0 atom stereocenters. The minimum atomic E-state index is 0.758. The molecular weight excluding hydrogens is 789 g/mol. The van der Waals surface area contributed by atoms with E-state index < -0.39 is 0 Å². The topological polar surface area (TPSA) is 74.4 Å². The zero-order valence-electron chi connectivity index (χ0n) is 40.5. The van der Waals surface area contributed by atoms with Gasteiger partial charge in [-0.3, -0.25) is 0 Å². The molecular formula is C56H84N6O2. The lowest BCUT2D eigenvalue weighted by Gasteiger charge is -2.18. The molecule has 0 N–H and O–H groups in total. The quantitative estimate of drug-likeness (QED) is 0.0334. The van der Waals surface area contributed by atoms with Gasteiger partial charge in [0.2, 0.25) is 0 Å². The molecule has 0 spiro atoms. The molecule has 0 saturated carbocycles. The molecule has 0 heterocycles. The third kappa shape index (κ3) is 24.6. The molecule has 0 aromatic heterocycles. The Bertz CT molecular complexity index is 1640. The van der Waals surface area contributed by atoms with Crippen molar-refractivity contribution in [2.45, 2.75) is 155 Å². The average Bonchev–Trinajstić information content (AvgIpc) is 3.32. The first kappa shape index (κ1) is 52.2. The predicted octanol–water partition coefficient (Wildman–Crippen LogP) is 16.8. The average molecular weight is 873 g/mol. The van der Waals surface area contributed by atoms with Gasteiger partial charge in [-0.15, -0.1) is 0 Å². The molecule has 0 fully saturated rings. The van der Waals surface area contributed by atoms with Crippen molar-refractivity contribution in [3.8, 4) is 11.5 Å². The Kier molecular flexibility index (Phi) is 27.8. The Balaban J connectivity index is 0.894. The number of unbranched alkanes of at least 4 members (excludes halogenated alkanes) is 15. The highest BCUT2D eigenvalue weighted by Crippen LogP contribution is 2.24. The first-order valence-corrected chi connectivity index (χ1v) is 25.3. The standard InChI is InChI=1S/C56H84N6O2/c1-5-7-9-17-25-49-27-31-51(32-28-49)57-59-53-35-39-55(40-36-53)63-47-23-15-13-21-45-61(3)43-19-11-12-20-44-62(4)46-22-14-16-24-48-64-56-41-37-54(38-42-56)60-58-52-33-29-50(30-34-52)26-18-10-8-6-2/h27-42H,5-26,43-48H2,1-4H3. The van der Waals surface area contributed by atoms with Crippen LogP contribution in [0.1, 0.15) is 153 Å². The van der Waals surface area contributed by atoms with Gasteiger partial charge in [-0.1, -0.05) is 115 Å². The van der Waals surface area contributed by atoms with Crippen LogP contribution in [0.5, 0.6) is 11.5 Å². The molecule has 0 radical (unpaired) electrons. The van der Waals surface area contributed by atoms with Gasteiger partial charge < -0.3 is 19.3 Å². The van der Waals surface area contributed by atoms with E-state index >= 15 is 0 Å². The van der Waals surface area contributed by atoms with Gasteiger partial charge in [-0.05, 0) is 188 Å². The maximum absolute atomic E-state index is 5.99. The van der Waals surface area contributed by atoms with Gasteiger partial charge in [0.25, 0.3) is 0 Å². The van der Waals surface area contributed by atoms with Crippen molar-refractivity contribution in [1.82, 2.24) is 9.80 Å². The first-order chi connectivity index (χ1) is 31.5. The number of aryl methyl sites for hydroxylation is 2. The van der Waals surface area contributed by atoms with Crippen LogP contribution >= 0.6 is 0 Å². The molecule has 0 aliphatic heterocycles. The number of rotatable bonds is 37. The molecule has 0 aliphatic carbocycles. The lowest BCUT2D eigenvalue weighted by molar-refractivity contribution is 0.288. The molecule has 4 aromatic carbocycles. The number of hydrogen-bond acceptors (Lipinski definition) is 8. The monoisotopic (exact) mass is 873 g/mol. The summed E-state index contributed by atoms with van der Waals surface area (Å²) < 4.78 is 12.0. The van der Waals surface area contributed by atoms with Crippen molar-refractivity contribution in [3.05, 3.63) is 108 Å². The van der Waals surface area contributed by atoms with E-state index in [0.717, 1.165) is 73.1 Å². The normalized spacial score (nSPS) is 11.8. The zero-order chi connectivity index (χ0) is 45.1. The van der Waals surface area contributed by atoms with Gasteiger partial charge in [0.15, 0.2) is 0 Å². The van der Waals surface area contributed by atoms with Crippen LogP contribution in [0.2, 0.25) is 0 Å². The zero-order valence-corrected chi connectivity index (χ0v) is 40.5. The Morgan fingerprint density at radius 1 is 0.328 bits per heavy atom. The number of nitrogens with zero attached hydrogens (tertiary/aromatic N) is 6. The summed E-state index contributed by atoms with van der Waals surface area (Å²) in [5.41, 5.74) is 6.21. The lowest BCUT2D eigenvalue weighted by atomic mass is 10.1. The van der Waals surface area contributed by atoms with Crippen LogP contribution < -0.4 is 9.47 Å². The third-order valence-electron chi connectivity index (χ3n) is 12.0. The fourth-order valence-electron chi connectivity index (χ4n) is 7.81. The second kappa shape index (κ2) is 34.0. The second-order valence-corrected chi connectivity index (χ2v) is 17.9. The number of azo groups is 2. The highest BCUT2D eigenvalue weighted by molar-refractivity contribution is 5.44. The lowest BCUT2D eigenvalue weighted by Crippen LogP contribution is -2.22. The van der Waals surface area contributed by atoms with Crippen molar-refractivity contribution in [2.75, 3.05) is 53.5 Å². The predicted molar refractivity (Wildman–Crippen MR) is 271 cm³/mol. The van der Waals surface area contributed by atoms with Crippen molar-refractivity contribution in [1.29, 1.82) is 0 Å². The van der Waals surface area contributed by atoms with E-state index in [9.17, 15) is 0 Å². The number of hydrogen-bond donors (Lipinski definition) is 0. The molecule has 0 amide bonds. The van der Waals surface area contributed by atoms with E-state index in [1.165, 1.54) is 153 Å². The van der Waals surface area contributed by atoms with Gasteiger partial charge in [0.05, 0.1) is 36.0 Å². The third-order valence-corrected chi connectivity index (χ3v) is 12.0. The summed E-state index contributed by atoms with van der Waals surface area (Å²) in [5, 5.41) is 17.7. The number of benzene rings is 4. The molecule has 64 heavy (non-hydrogen) atoms. The van der Waals surface area contributed by atoms with Crippen molar-refractivity contribution >= 4 is 22.7 Å². The highest BCUT2D eigenvalue weighted by Gasteiger charge is 2.04. The van der Waals surface area contributed by atoms with Gasteiger partial charge >= 0.3 is 0 Å². The summed E-state index contributed by atoms with van der Waals surface area (Å²) in [7, 11) is 4.56. The van der Waals surface area contributed by atoms with Crippen LogP contribution in [0.15, 0.2) is 118 Å². The molecule has 0 aliphatic rings. The fraction of sp³-hybridized carbons (Fsp3) is 0.571. The Hall–Kier alpha value is -4.40. The van der Waals surface area contributed by atoms with E-state index in [4.69, 9.17) is 9.47 Å². The first-order valence-electron chi connectivity index (χ1n) is 25.3. The van der Waals surface area contributed by atoms with Gasteiger partial charge in [-0.25, -0.2) is 0 Å².